The zero-order chi connectivity index (χ0) is 14.4. The Morgan fingerprint density at radius 1 is 1.20 bits per heavy atom. The summed E-state index contributed by atoms with van der Waals surface area (Å²) < 4.78 is 6.63. The van der Waals surface area contributed by atoms with E-state index in [2.05, 4.69) is 57.3 Å². The number of hydrogen-bond acceptors (Lipinski definition) is 2. The van der Waals surface area contributed by atoms with Crippen LogP contribution >= 0.6 is 0 Å². The molecule has 1 N–H and O–H groups in total. The van der Waals surface area contributed by atoms with Crippen LogP contribution in [0.25, 0.3) is 0 Å². The second-order valence-corrected chi connectivity index (χ2v) is 7.09. The Kier molecular flexibility index (Phi) is 3.42. The summed E-state index contributed by atoms with van der Waals surface area (Å²) in [6.45, 7) is 10.2. The first-order valence-corrected chi connectivity index (χ1v) is 8.02. The largest absolute Gasteiger partial charge is 0.364 e. The molecule has 0 saturated carbocycles. The highest BCUT2D eigenvalue weighted by atomic mass is 16.5. The molecule has 0 bridgehead atoms. The van der Waals surface area contributed by atoms with Gasteiger partial charge in [-0.15, -0.1) is 0 Å². The van der Waals surface area contributed by atoms with Gasteiger partial charge in [-0.3, -0.25) is 0 Å². The minimum Gasteiger partial charge on any atom is -0.364 e. The van der Waals surface area contributed by atoms with Crippen LogP contribution in [0.5, 0.6) is 0 Å². The zero-order valence-corrected chi connectivity index (χ0v) is 13.2. The van der Waals surface area contributed by atoms with Crippen molar-refractivity contribution in [2.24, 2.45) is 0 Å². The van der Waals surface area contributed by atoms with Crippen LogP contribution in [0.1, 0.15) is 64.2 Å². The van der Waals surface area contributed by atoms with Gasteiger partial charge < -0.3 is 10.1 Å². The lowest BCUT2D eigenvalue weighted by atomic mass is 9.68. The second-order valence-electron chi connectivity index (χ2n) is 7.09. The first-order valence-electron chi connectivity index (χ1n) is 8.02. The van der Waals surface area contributed by atoms with Gasteiger partial charge in [0, 0.05) is 12.6 Å². The number of benzene rings is 1. The minimum atomic E-state index is 0.00968. The summed E-state index contributed by atoms with van der Waals surface area (Å²) in [5.74, 6) is 0. The van der Waals surface area contributed by atoms with Gasteiger partial charge in [-0.2, -0.15) is 0 Å². The predicted molar refractivity (Wildman–Crippen MR) is 83.0 cm³/mol. The van der Waals surface area contributed by atoms with Crippen molar-refractivity contribution in [3.63, 3.8) is 0 Å². The highest BCUT2D eigenvalue weighted by Crippen LogP contribution is 2.47. The lowest BCUT2D eigenvalue weighted by Gasteiger charge is -2.51. The van der Waals surface area contributed by atoms with Crippen molar-refractivity contribution in [2.75, 3.05) is 6.54 Å². The van der Waals surface area contributed by atoms with Crippen LogP contribution in [-0.2, 0) is 10.2 Å². The maximum Gasteiger partial charge on any atom is 0.0989 e. The van der Waals surface area contributed by atoms with E-state index in [0.29, 0.717) is 6.04 Å². The SMILES string of the molecule is CCC1(CC)CNC2CC(C)(C)c3ccccc3C2O1. The van der Waals surface area contributed by atoms with Gasteiger partial charge in [-0.1, -0.05) is 52.0 Å². The molecule has 1 fully saturated rings. The Bertz CT molecular complexity index is 490. The number of ether oxygens (including phenoxy) is 1. The molecule has 2 unspecified atom stereocenters. The second kappa shape index (κ2) is 4.85. The molecule has 2 nitrogen and oxygen atoms in total. The van der Waals surface area contributed by atoms with Crippen LogP contribution in [-0.4, -0.2) is 18.2 Å². The summed E-state index contributed by atoms with van der Waals surface area (Å²) in [4.78, 5) is 0. The Labute approximate surface area is 122 Å². The van der Waals surface area contributed by atoms with E-state index in [1.54, 1.807) is 0 Å². The molecule has 1 heterocycles. The zero-order valence-electron chi connectivity index (χ0n) is 13.2. The Balaban J connectivity index is 2.01. The van der Waals surface area contributed by atoms with Gasteiger partial charge in [0.05, 0.1) is 11.7 Å². The number of rotatable bonds is 2. The van der Waals surface area contributed by atoms with Crippen molar-refractivity contribution in [1.29, 1.82) is 0 Å². The maximum absolute atomic E-state index is 6.63. The molecule has 2 aliphatic rings. The van der Waals surface area contributed by atoms with Crippen LogP contribution < -0.4 is 5.32 Å². The molecule has 0 radical (unpaired) electrons. The molecular formula is C18H27NO. The molecule has 2 atom stereocenters. The van der Waals surface area contributed by atoms with E-state index in [0.717, 1.165) is 25.8 Å². The fraction of sp³-hybridized carbons (Fsp3) is 0.667. The molecule has 110 valence electrons. The van der Waals surface area contributed by atoms with Gasteiger partial charge in [-0.25, -0.2) is 0 Å². The lowest BCUT2D eigenvalue weighted by molar-refractivity contribution is -0.149. The Hall–Kier alpha value is -0.860. The van der Waals surface area contributed by atoms with E-state index in [1.165, 1.54) is 11.1 Å². The molecule has 1 aromatic carbocycles. The summed E-state index contributed by atoms with van der Waals surface area (Å²) in [5.41, 5.74) is 3.10. The predicted octanol–water partition coefficient (Wildman–Crippen LogP) is 3.96. The normalized spacial score (nSPS) is 30.4. The van der Waals surface area contributed by atoms with Gasteiger partial charge in [0.1, 0.15) is 0 Å². The third-order valence-corrected chi connectivity index (χ3v) is 5.44. The molecule has 0 spiro atoms. The van der Waals surface area contributed by atoms with Crippen molar-refractivity contribution in [1.82, 2.24) is 5.32 Å². The highest BCUT2D eigenvalue weighted by Gasteiger charge is 2.46. The third-order valence-electron chi connectivity index (χ3n) is 5.44. The summed E-state index contributed by atoms with van der Waals surface area (Å²) >= 11 is 0. The first-order chi connectivity index (χ1) is 9.51. The molecule has 1 aliphatic heterocycles. The maximum atomic E-state index is 6.63. The van der Waals surface area contributed by atoms with Crippen molar-refractivity contribution in [3.05, 3.63) is 35.4 Å². The molecule has 0 aromatic heterocycles. The number of nitrogens with one attached hydrogen (secondary N) is 1. The molecule has 0 amide bonds. The van der Waals surface area contributed by atoms with Gasteiger partial charge >= 0.3 is 0 Å². The topological polar surface area (TPSA) is 21.3 Å². The quantitative estimate of drug-likeness (QED) is 0.880. The van der Waals surface area contributed by atoms with Crippen molar-refractivity contribution in [3.8, 4) is 0 Å². The smallest absolute Gasteiger partial charge is 0.0989 e. The third kappa shape index (κ3) is 2.10. The van der Waals surface area contributed by atoms with Crippen molar-refractivity contribution < 1.29 is 4.74 Å². The van der Waals surface area contributed by atoms with Gasteiger partial charge in [-0.05, 0) is 35.8 Å². The average Bonchev–Trinajstić information content (AvgIpc) is 2.47. The van der Waals surface area contributed by atoms with E-state index in [9.17, 15) is 0 Å². The molecule has 2 heteroatoms. The number of hydrogen-bond donors (Lipinski definition) is 1. The van der Waals surface area contributed by atoms with Crippen LogP contribution in [0.3, 0.4) is 0 Å². The van der Waals surface area contributed by atoms with Gasteiger partial charge in [0.25, 0.3) is 0 Å². The number of fused-ring (bicyclic) bond motifs is 3. The van der Waals surface area contributed by atoms with Crippen LogP contribution in [0.4, 0.5) is 0 Å². The number of morpholine rings is 1. The van der Waals surface area contributed by atoms with Crippen LogP contribution in [0.2, 0.25) is 0 Å². The molecule has 3 rings (SSSR count). The average molecular weight is 273 g/mol. The van der Waals surface area contributed by atoms with E-state index in [4.69, 9.17) is 4.74 Å². The van der Waals surface area contributed by atoms with E-state index < -0.39 is 0 Å². The van der Waals surface area contributed by atoms with E-state index in [-0.39, 0.29) is 17.1 Å². The first kappa shape index (κ1) is 14.1. The Morgan fingerprint density at radius 2 is 1.90 bits per heavy atom. The summed E-state index contributed by atoms with van der Waals surface area (Å²) in [6, 6.07) is 9.30. The summed E-state index contributed by atoms with van der Waals surface area (Å²) in [7, 11) is 0. The molecule has 1 aromatic rings. The minimum absolute atomic E-state index is 0.00968. The lowest BCUT2D eigenvalue weighted by Crippen LogP contribution is -2.58. The van der Waals surface area contributed by atoms with Gasteiger partial charge in [0.15, 0.2) is 0 Å². The van der Waals surface area contributed by atoms with E-state index >= 15 is 0 Å². The monoisotopic (exact) mass is 273 g/mol. The van der Waals surface area contributed by atoms with Crippen LogP contribution in [0.15, 0.2) is 24.3 Å². The molecular weight excluding hydrogens is 246 g/mol. The fourth-order valence-electron chi connectivity index (χ4n) is 3.96. The van der Waals surface area contributed by atoms with E-state index in [1.807, 2.05) is 0 Å². The molecule has 1 aliphatic carbocycles. The fourth-order valence-corrected chi connectivity index (χ4v) is 3.96. The van der Waals surface area contributed by atoms with Gasteiger partial charge in [0.2, 0.25) is 0 Å². The highest BCUT2D eigenvalue weighted by molar-refractivity contribution is 5.39. The van der Waals surface area contributed by atoms with Crippen LogP contribution in [0, 0.1) is 0 Å². The summed E-state index contributed by atoms with van der Waals surface area (Å²) in [5, 5.41) is 3.79. The summed E-state index contributed by atoms with van der Waals surface area (Å²) in [6.07, 6.45) is 3.52. The Morgan fingerprint density at radius 3 is 2.60 bits per heavy atom. The molecule has 1 saturated heterocycles. The van der Waals surface area contributed by atoms with Crippen molar-refractivity contribution in [2.45, 2.75) is 70.1 Å². The van der Waals surface area contributed by atoms with Crippen molar-refractivity contribution >= 4 is 0 Å². The standard InChI is InChI=1S/C18H27NO/c1-5-18(6-2)12-19-15-11-17(3,4)14-10-8-7-9-13(14)16(15)20-18/h7-10,15-16,19H,5-6,11-12H2,1-4H3. The molecule has 20 heavy (non-hydrogen) atoms.